The van der Waals surface area contributed by atoms with Gasteiger partial charge in [0.15, 0.2) is 0 Å². The Balaban J connectivity index is 2.70. The van der Waals surface area contributed by atoms with Crippen LogP contribution < -0.4 is 0 Å². The number of aliphatic hydroxyl groups is 1. The fraction of sp³-hybridized carbons (Fsp3) is 0.455. The smallest absolute Gasteiger partial charge is 0.388 e. The van der Waals surface area contributed by atoms with Gasteiger partial charge in [-0.05, 0) is 17.5 Å². The van der Waals surface area contributed by atoms with Crippen LogP contribution in [0.15, 0.2) is 24.3 Å². The molecule has 1 unspecified atom stereocenters. The van der Waals surface area contributed by atoms with Crippen LogP contribution in [0.3, 0.4) is 0 Å². The van der Waals surface area contributed by atoms with Crippen molar-refractivity contribution >= 4 is 0 Å². The summed E-state index contributed by atoms with van der Waals surface area (Å²) in [6.07, 6.45) is -6.16. The highest BCUT2D eigenvalue weighted by molar-refractivity contribution is 5.24. The predicted octanol–water partition coefficient (Wildman–Crippen LogP) is 3.23. The minimum absolute atomic E-state index is 0.310. The molecule has 0 saturated heterocycles. The fourth-order valence-corrected chi connectivity index (χ4v) is 1.31. The average molecular weight is 218 g/mol. The molecule has 0 amide bonds. The van der Waals surface area contributed by atoms with Crippen molar-refractivity contribution < 1.29 is 18.3 Å². The molecule has 0 fully saturated rings. The minimum Gasteiger partial charge on any atom is -0.388 e. The summed E-state index contributed by atoms with van der Waals surface area (Å²) in [7, 11) is 0. The molecule has 15 heavy (non-hydrogen) atoms. The van der Waals surface area contributed by atoms with Crippen molar-refractivity contribution in [3.05, 3.63) is 35.4 Å². The molecule has 4 heteroatoms. The quantitative estimate of drug-likeness (QED) is 0.825. The van der Waals surface area contributed by atoms with E-state index in [4.69, 9.17) is 0 Å². The molecule has 0 saturated carbocycles. The van der Waals surface area contributed by atoms with Crippen molar-refractivity contribution in [2.45, 2.75) is 32.0 Å². The van der Waals surface area contributed by atoms with Gasteiger partial charge in [-0.2, -0.15) is 13.2 Å². The highest BCUT2D eigenvalue weighted by Crippen LogP contribution is 2.29. The third-order valence-corrected chi connectivity index (χ3v) is 2.20. The second-order valence-electron chi connectivity index (χ2n) is 3.43. The highest BCUT2D eigenvalue weighted by atomic mass is 19.4. The lowest BCUT2D eigenvalue weighted by Gasteiger charge is -2.13. The fourth-order valence-electron chi connectivity index (χ4n) is 1.31. The Hall–Kier alpha value is -1.03. The maximum Gasteiger partial charge on any atom is 0.391 e. The van der Waals surface area contributed by atoms with Crippen LogP contribution >= 0.6 is 0 Å². The van der Waals surface area contributed by atoms with E-state index in [2.05, 4.69) is 0 Å². The molecule has 0 heterocycles. The maximum atomic E-state index is 12.0. The number of halogens is 3. The van der Waals surface area contributed by atoms with E-state index >= 15 is 0 Å². The molecule has 0 aliphatic heterocycles. The lowest BCUT2D eigenvalue weighted by molar-refractivity contribution is -0.154. The van der Waals surface area contributed by atoms with E-state index in [1.165, 1.54) is 12.1 Å². The molecule has 1 rings (SSSR count). The van der Waals surface area contributed by atoms with Crippen molar-refractivity contribution in [1.29, 1.82) is 0 Å². The van der Waals surface area contributed by atoms with Crippen LogP contribution in [-0.4, -0.2) is 11.3 Å². The summed E-state index contributed by atoms with van der Waals surface area (Å²) >= 11 is 0. The Morgan fingerprint density at radius 1 is 1.20 bits per heavy atom. The SMILES string of the molecule is CCc1ccc(C(O)CC(F)(F)F)cc1. The Bertz CT molecular complexity index is 303. The normalized spacial score (nSPS) is 13.9. The first kappa shape index (κ1) is 12.0. The average Bonchev–Trinajstić information content (AvgIpc) is 2.15. The lowest BCUT2D eigenvalue weighted by atomic mass is 10.0. The van der Waals surface area contributed by atoms with Gasteiger partial charge in [-0.15, -0.1) is 0 Å². The number of alkyl halides is 3. The first-order chi connectivity index (χ1) is 6.92. The Labute approximate surface area is 86.5 Å². The Kier molecular flexibility index (Phi) is 3.74. The second-order valence-corrected chi connectivity index (χ2v) is 3.43. The van der Waals surface area contributed by atoms with E-state index in [9.17, 15) is 18.3 Å². The molecule has 0 spiro atoms. The number of aliphatic hydroxyl groups excluding tert-OH is 1. The maximum absolute atomic E-state index is 12.0. The monoisotopic (exact) mass is 218 g/mol. The zero-order chi connectivity index (χ0) is 11.5. The van der Waals surface area contributed by atoms with Gasteiger partial charge in [-0.3, -0.25) is 0 Å². The summed E-state index contributed by atoms with van der Waals surface area (Å²) in [4.78, 5) is 0. The van der Waals surface area contributed by atoms with Crippen LogP contribution in [0.1, 0.15) is 30.6 Å². The standard InChI is InChI=1S/C11H13F3O/c1-2-8-3-5-9(6-4-8)10(15)7-11(12,13)14/h3-6,10,15H,2,7H2,1H3. The van der Waals surface area contributed by atoms with Crippen LogP contribution in [0.4, 0.5) is 13.2 Å². The minimum atomic E-state index is -4.33. The van der Waals surface area contributed by atoms with Gasteiger partial charge in [0, 0.05) is 0 Å². The van der Waals surface area contributed by atoms with Gasteiger partial charge in [0.1, 0.15) is 0 Å². The first-order valence-electron chi connectivity index (χ1n) is 4.76. The largest absolute Gasteiger partial charge is 0.391 e. The van der Waals surface area contributed by atoms with E-state index in [0.29, 0.717) is 5.56 Å². The molecular formula is C11H13F3O. The molecule has 0 bridgehead atoms. The van der Waals surface area contributed by atoms with Crippen LogP contribution in [0.5, 0.6) is 0 Å². The van der Waals surface area contributed by atoms with E-state index in [1.807, 2.05) is 6.92 Å². The van der Waals surface area contributed by atoms with E-state index < -0.39 is 18.7 Å². The van der Waals surface area contributed by atoms with Crippen LogP contribution in [0.2, 0.25) is 0 Å². The molecule has 0 aliphatic rings. The molecule has 1 aromatic carbocycles. The molecule has 0 aromatic heterocycles. The van der Waals surface area contributed by atoms with E-state index in [0.717, 1.165) is 12.0 Å². The molecule has 1 atom stereocenters. The van der Waals surface area contributed by atoms with Gasteiger partial charge in [0.05, 0.1) is 12.5 Å². The number of hydrogen-bond acceptors (Lipinski definition) is 1. The Morgan fingerprint density at radius 2 is 1.73 bits per heavy atom. The number of rotatable bonds is 3. The van der Waals surface area contributed by atoms with Crippen molar-refractivity contribution in [3.63, 3.8) is 0 Å². The van der Waals surface area contributed by atoms with Crippen LogP contribution in [-0.2, 0) is 6.42 Å². The van der Waals surface area contributed by atoms with Crippen LogP contribution in [0, 0.1) is 0 Å². The van der Waals surface area contributed by atoms with Crippen molar-refractivity contribution in [2.75, 3.05) is 0 Å². The van der Waals surface area contributed by atoms with Crippen LogP contribution in [0.25, 0.3) is 0 Å². The van der Waals surface area contributed by atoms with Gasteiger partial charge in [-0.1, -0.05) is 31.2 Å². The number of benzene rings is 1. The molecule has 1 N–H and O–H groups in total. The lowest BCUT2D eigenvalue weighted by Crippen LogP contribution is -2.13. The molecule has 0 radical (unpaired) electrons. The summed E-state index contributed by atoms with van der Waals surface area (Å²) < 4.78 is 35.9. The molecule has 1 aromatic rings. The molecule has 1 nitrogen and oxygen atoms in total. The third-order valence-electron chi connectivity index (χ3n) is 2.20. The summed E-state index contributed by atoms with van der Waals surface area (Å²) in [5.74, 6) is 0. The third kappa shape index (κ3) is 3.91. The Morgan fingerprint density at radius 3 is 2.13 bits per heavy atom. The zero-order valence-corrected chi connectivity index (χ0v) is 8.38. The van der Waals surface area contributed by atoms with Gasteiger partial charge < -0.3 is 5.11 Å². The van der Waals surface area contributed by atoms with E-state index in [-0.39, 0.29) is 0 Å². The molecule has 0 aliphatic carbocycles. The number of hydrogen-bond donors (Lipinski definition) is 1. The summed E-state index contributed by atoms with van der Waals surface area (Å²) in [5.41, 5.74) is 1.35. The summed E-state index contributed by atoms with van der Waals surface area (Å²) in [6.45, 7) is 1.96. The second kappa shape index (κ2) is 4.66. The highest BCUT2D eigenvalue weighted by Gasteiger charge is 2.31. The van der Waals surface area contributed by atoms with Gasteiger partial charge >= 0.3 is 6.18 Å². The van der Waals surface area contributed by atoms with Crippen molar-refractivity contribution in [2.24, 2.45) is 0 Å². The first-order valence-corrected chi connectivity index (χ1v) is 4.76. The molecule has 84 valence electrons. The predicted molar refractivity (Wildman–Crippen MR) is 51.5 cm³/mol. The van der Waals surface area contributed by atoms with Gasteiger partial charge in [0.2, 0.25) is 0 Å². The molecular weight excluding hydrogens is 205 g/mol. The van der Waals surface area contributed by atoms with Gasteiger partial charge in [0.25, 0.3) is 0 Å². The number of aryl methyl sites for hydroxylation is 1. The summed E-state index contributed by atoms with van der Waals surface area (Å²) in [6, 6.07) is 6.54. The summed E-state index contributed by atoms with van der Waals surface area (Å²) in [5, 5.41) is 9.30. The van der Waals surface area contributed by atoms with Crippen molar-refractivity contribution in [1.82, 2.24) is 0 Å². The topological polar surface area (TPSA) is 20.2 Å². The van der Waals surface area contributed by atoms with E-state index in [1.54, 1.807) is 12.1 Å². The van der Waals surface area contributed by atoms with Crippen molar-refractivity contribution in [3.8, 4) is 0 Å². The zero-order valence-electron chi connectivity index (χ0n) is 8.38. The van der Waals surface area contributed by atoms with Gasteiger partial charge in [-0.25, -0.2) is 0 Å².